The van der Waals surface area contributed by atoms with E-state index in [1.165, 1.54) is 37.8 Å². The molecular weight excluding hydrogens is 212 g/mol. The molecule has 1 aromatic rings. The number of aromatic nitrogens is 3. The van der Waals surface area contributed by atoms with Gasteiger partial charge in [-0.05, 0) is 44.6 Å². The predicted molar refractivity (Wildman–Crippen MR) is 62.7 cm³/mol. The largest absolute Gasteiger partial charge is 0.314 e. The molecule has 5 saturated carbocycles. The minimum absolute atomic E-state index is 0.387. The average molecular weight is 230 g/mol. The molecule has 2 bridgehead atoms. The average Bonchev–Trinajstić information content (AvgIpc) is 2.83. The highest BCUT2D eigenvalue weighted by Crippen LogP contribution is 2.83. The standard InChI is InChI=1S/C13H18N4/c1-10-4-13(10,5-10)17-3-9(15-16-17)11-6-12(7-11,8-11)14-2/h3,14H,4-8H2,1-2H3. The first-order valence-electron chi connectivity index (χ1n) is 6.68. The van der Waals surface area contributed by atoms with E-state index in [0.717, 1.165) is 0 Å². The first kappa shape index (κ1) is 9.09. The molecule has 17 heavy (non-hydrogen) atoms. The molecule has 0 atom stereocenters. The lowest BCUT2D eigenvalue weighted by atomic mass is 9.38. The lowest BCUT2D eigenvalue weighted by Crippen LogP contribution is -2.75. The molecule has 6 rings (SSSR count). The Balaban J connectivity index is 1.44. The zero-order valence-corrected chi connectivity index (χ0v) is 10.5. The molecule has 90 valence electrons. The van der Waals surface area contributed by atoms with E-state index in [9.17, 15) is 0 Å². The molecule has 4 nitrogen and oxygen atoms in total. The summed E-state index contributed by atoms with van der Waals surface area (Å²) in [7, 11) is 2.08. The maximum absolute atomic E-state index is 4.46. The van der Waals surface area contributed by atoms with Crippen molar-refractivity contribution in [2.24, 2.45) is 5.41 Å². The molecule has 0 aliphatic heterocycles. The van der Waals surface area contributed by atoms with Crippen LogP contribution < -0.4 is 5.32 Å². The number of hydrogen-bond acceptors (Lipinski definition) is 3. The quantitative estimate of drug-likeness (QED) is 0.848. The van der Waals surface area contributed by atoms with Crippen molar-refractivity contribution in [3.8, 4) is 0 Å². The molecule has 0 unspecified atom stereocenters. The Morgan fingerprint density at radius 2 is 1.88 bits per heavy atom. The van der Waals surface area contributed by atoms with E-state index >= 15 is 0 Å². The third-order valence-electron chi connectivity index (χ3n) is 6.27. The maximum atomic E-state index is 4.46. The maximum Gasteiger partial charge on any atom is 0.0891 e. The molecular formula is C13H18N4. The molecule has 1 heterocycles. The zero-order valence-electron chi connectivity index (χ0n) is 10.5. The molecule has 1 N–H and O–H groups in total. The second-order valence-electron chi connectivity index (χ2n) is 7.34. The fraction of sp³-hybridized carbons (Fsp3) is 0.846. The van der Waals surface area contributed by atoms with E-state index in [4.69, 9.17) is 0 Å². The Morgan fingerprint density at radius 1 is 1.24 bits per heavy atom. The summed E-state index contributed by atoms with van der Waals surface area (Å²) in [6, 6.07) is 0. The van der Waals surface area contributed by atoms with Crippen LogP contribution in [-0.2, 0) is 11.0 Å². The van der Waals surface area contributed by atoms with Gasteiger partial charge in [-0.15, -0.1) is 5.10 Å². The highest BCUT2D eigenvalue weighted by molar-refractivity contribution is 5.38. The van der Waals surface area contributed by atoms with Gasteiger partial charge < -0.3 is 5.32 Å². The van der Waals surface area contributed by atoms with Gasteiger partial charge in [0.15, 0.2) is 0 Å². The van der Waals surface area contributed by atoms with E-state index in [0.29, 0.717) is 21.9 Å². The van der Waals surface area contributed by atoms with Gasteiger partial charge in [0.1, 0.15) is 0 Å². The number of nitrogens with zero attached hydrogens (tertiary/aromatic N) is 3. The first-order valence-corrected chi connectivity index (χ1v) is 6.68. The number of nitrogens with one attached hydrogen (secondary N) is 1. The van der Waals surface area contributed by atoms with Gasteiger partial charge in [-0.25, -0.2) is 4.68 Å². The summed E-state index contributed by atoms with van der Waals surface area (Å²) in [4.78, 5) is 0. The van der Waals surface area contributed by atoms with Crippen LogP contribution in [0.1, 0.15) is 44.7 Å². The van der Waals surface area contributed by atoms with Gasteiger partial charge in [-0.1, -0.05) is 12.1 Å². The fourth-order valence-electron chi connectivity index (χ4n) is 4.63. The SMILES string of the molecule is CNC12CC(c3cn(C45CC4(C)C5)nn3)(C1)C2. The van der Waals surface area contributed by atoms with E-state index in [-0.39, 0.29) is 0 Å². The normalized spacial score (nSPS) is 56.8. The number of fused-ring (bicyclic) bond motifs is 1. The van der Waals surface area contributed by atoms with Crippen molar-refractivity contribution in [2.75, 3.05) is 7.05 Å². The molecule has 5 fully saturated rings. The second-order valence-corrected chi connectivity index (χ2v) is 7.34. The van der Waals surface area contributed by atoms with Gasteiger partial charge >= 0.3 is 0 Å². The summed E-state index contributed by atoms with van der Waals surface area (Å²) in [6.45, 7) is 2.37. The monoisotopic (exact) mass is 230 g/mol. The van der Waals surface area contributed by atoms with Crippen LogP contribution in [0.3, 0.4) is 0 Å². The number of hydrogen-bond donors (Lipinski definition) is 1. The van der Waals surface area contributed by atoms with Crippen molar-refractivity contribution in [1.29, 1.82) is 0 Å². The Morgan fingerprint density at radius 3 is 2.41 bits per heavy atom. The summed E-state index contributed by atoms with van der Waals surface area (Å²) in [5.74, 6) is 0. The Bertz CT molecular complexity index is 518. The summed E-state index contributed by atoms with van der Waals surface area (Å²) in [5.41, 5.74) is 3.06. The molecule has 5 aliphatic carbocycles. The summed E-state index contributed by atoms with van der Waals surface area (Å²) in [5, 5.41) is 12.3. The number of rotatable bonds is 3. The van der Waals surface area contributed by atoms with Gasteiger partial charge in [0.2, 0.25) is 0 Å². The van der Waals surface area contributed by atoms with Gasteiger partial charge in [0, 0.05) is 17.2 Å². The Labute approximate surface area is 101 Å². The molecule has 0 saturated heterocycles. The van der Waals surface area contributed by atoms with Crippen molar-refractivity contribution in [3.63, 3.8) is 0 Å². The lowest BCUT2D eigenvalue weighted by Gasteiger charge is -2.69. The van der Waals surface area contributed by atoms with E-state index in [1.807, 2.05) is 0 Å². The van der Waals surface area contributed by atoms with E-state index < -0.39 is 0 Å². The molecule has 5 aliphatic rings. The third kappa shape index (κ3) is 0.768. The minimum atomic E-state index is 0.387. The van der Waals surface area contributed by atoms with Gasteiger partial charge in [0.25, 0.3) is 0 Å². The van der Waals surface area contributed by atoms with Crippen LogP contribution in [0.2, 0.25) is 0 Å². The van der Waals surface area contributed by atoms with Crippen LogP contribution in [0, 0.1) is 5.41 Å². The fourth-order valence-corrected chi connectivity index (χ4v) is 4.63. The molecule has 1 aromatic heterocycles. The Kier molecular flexibility index (Phi) is 1.11. The molecule has 4 heteroatoms. The highest BCUT2D eigenvalue weighted by Gasteiger charge is 2.82. The topological polar surface area (TPSA) is 42.7 Å². The summed E-state index contributed by atoms with van der Waals surface area (Å²) in [6.07, 6.45) is 8.67. The Hall–Kier alpha value is -0.900. The van der Waals surface area contributed by atoms with Crippen molar-refractivity contribution < 1.29 is 0 Å². The van der Waals surface area contributed by atoms with Gasteiger partial charge in [0.05, 0.1) is 11.2 Å². The van der Waals surface area contributed by atoms with Crippen LogP contribution in [-0.4, -0.2) is 27.6 Å². The van der Waals surface area contributed by atoms with E-state index in [2.05, 4.69) is 40.5 Å². The summed E-state index contributed by atoms with van der Waals surface area (Å²) < 4.78 is 2.18. The first-order chi connectivity index (χ1) is 8.06. The minimum Gasteiger partial charge on any atom is -0.314 e. The van der Waals surface area contributed by atoms with Crippen molar-refractivity contribution in [1.82, 2.24) is 20.3 Å². The summed E-state index contributed by atoms with van der Waals surface area (Å²) >= 11 is 0. The van der Waals surface area contributed by atoms with Crippen LogP contribution in [0.4, 0.5) is 0 Å². The molecule has 0 amide bonds. The molecule has 0 spiro atoms. The second kappa shape index (κ2) is 2.07. The predicted octanol–water partition coefficient (Wildman–Crippen LogP) is 1.18. The zero-order chi connectivity index (χ0) is 11.5. The van der Waals surface area contributed by atoms with Gasteiger partial charge in [-0.2, -0.15) is 0 Å². The third-order valence-corrected chi connectivity index (χ3v) is 6.27. The lowest BCUT2D eigenvalue weighted by molar-refractivity contribution is -0.0859. The van der Waals surface area contributed by atoms with E-state index in [1.54, 1.807) is 0 Å². The smallest absolute Gasteiger partial charge is 0.0891 e. The van der Waals surface area contributed by atoms with Crippen molar-refractivity contribution in [2.45, 2.75) is 55.5 Å². The van der Waals surface area contributed by atoms with Crippen molar-refractivity contribution >= 4 is 0 Å². The highest BCUT2D eigenvalue weighted by atomic mass is 15.5. The van der Waals surface area contributed by atoms with Crippen LogP contribution in [0.25, 0.3) is 0 Å². The van der Waals surface area contributed by atoms with Gasteiger partial charge in [-0.3, -0.25) is 0 Å². The molecule has 0 aromatic carbocycles. The van der Waals surface area contributed by atoms with Crippen LogP contribution in [0.15, 0.2) is 6.20 Å². The van der Waals surface area contributed by atoms with Crippen LogP contribution >= 0.6 is 0 Å². The molecule has 0 radical (unpaired) electrons. The van der Waals surface area contributed by atoms with Crippen LogP contribution in [0.5, 0.6) is 0 Å². The van der Waals surface area contributed by atoms with Crippen molar-refractivity contribution in [3.05, 3.63) is 11.9 Å².